The van der Waals surface area contributed by atoms with E-state index in [0.717, 1.165) is 30.9 Å². The van der Waals surface area contributed by atoms with Gasteiger partial charge in [-0.25, -0.2) is 4.98 Å². The van der Waals surface area contributed by atoms with Crippen molar-refractivity contribution in [3.63, 3.8) is 0 Å². The Morgan fingerprint density at radius 1 is 1.44 bits per heavy atom. The first-order chi connectivity index (χ1) is 8.92. The van der Waals surface area contributed by atoms with Gasteiger partial charge >= 0.3 is 0 Å². The molecule has 0 spiro atoms. The number of ether oxygens (including phenoxy) is 1. The van der Waals surface area contributed by atoms with Crippen molar-refractivity contribution in [2.24, 2.45) is 5.92 Å². The largest absolute Gasteiger partial charge is 0.465 e. The Hall–Kier alpha value is -1.62. The fourth-order valence-corrected chi connectivity index (χ4v) is 2.38. The summed E-state index contributed by atoms with van der Waals surface area (Å²) in [5.41, 5.74) is 1.64. The maximum Gasteiger partial charge on any atom is 0.296 e. The summed E-state index contributed by atoms with van der Waals surface area (Å²) in [5, 5.41) is 3.42. The highest BCUT2D eigenvalue weighted by Crippen LogP contribution is 2.16. The van der Waals surface area contributed by atoms with E-state index >= 15 is 0 Å². The second-order valence-electron chi connectivity index (χ2n) is 4.77. The smallest absolute Gasteiger partial charge is 0.296 e. The molecular formula is C13H18N4O. The number of fused-ring (bicyclic) bond motifs is 1. The zero-order chi connectivity index (χ0) is 12.2. The molecule has 2 N–H and O–H groups in total. The van der Waals surface area contributed by atoms with Crippen LogP contribution in [0.4, 0.5) is 0 Å². The van der Waals surface area contributed by atoms with Crippen LogP contribution in [0.5, 0.6) is 6.01 Å². The summed E-state index contributed by atoms with van der Waals surface area (Å²) in [6.45, 7) is 2.99. The van der Waals surface area contributed by atoms with Gasteiger partial charge in [-0.15, -0.1) is 0 Å². The molecule has 1 aliphatic heterocycles. The molecule has 0 bridgehead atoms. The van der Waals surface area contributed by atoms with Crippen LogP contribution in [-0.4, -0.2) is 34.6 Å². The van der Waals surface area contributed by atoms with Crippen molar-refractivity contribution in [2.45, 2.75) is 19.3 Å². The summed E-state index contributed by atoms with van der Waals surface area (Å²) < 4.78 is 5.66. The number of aromatic nitrogens is 3. The number of H-pyrrole nitrogens is 1. The lowest BCUT2D eigenvalue weighted by Gasteiger charge is -2.22. The van der Waals surface area contributed by atoms with Crippen LogP contribution in [0.3, 0.4) is 0 Å². The standard InChI is InChI=1S/C13H18N4O/c1-3-10(9-14-6-1)5-8-18-13-16-11-4-2-7-15-12(11)17-13/h2,4,7,10,14H,1,3,5-6,8-9H2,(H,15,16,17)/t10-/m0/s1. The molecular weight excluding hydrogens is 228 g/mol. The summed E-state index contributed by atoms with van der Waals surface area (Å²) in [5.74, 6) is 0.737. The van der Waals surface area contributed by atoms with Crippen LogP contribution in [0, 0.1) is 5.92 Å². The molecule has 2 aromatic heterocycles. The van der Waals surface area contributed by atoms with E-state index in [1.165, 1.54) is 12.8 Å². The Kier molecular flexibility index (Phi) is 3.41. The van der Waals surface area contributed by atoms with Gasteiger partial charge in [-0.3, -0.25) is 0 Å². The summed E-state index contributed by atoms with van der Waals surface area (Å²) in [6.07, 6.45) is 5.40. The second kappa shape index (κ2) is 5.35. The minimum absolute atomic E-state index is 0.576. The Morgan fingerprint density at radius 3 is 3.28 bits per heavy atom. The van der Waals surface area contributed by atoms with Gasteiger partial charge in [-0.05, 0) is 50.4 Å². The second-order valence-corrected chi connectivity index (χ2v) is 4.77. The molecule has 1 saturated heterocycles. The van der Waals surface area contributed by atoms with Crippen LogP contribution in [-0.2, 0) is 0 Å². The third-order valence-electron chi connectivity index (χ3n) is 3.40. The van der Waals surface area contributed by atoms with Crippen LogP contribution in [0.2, 0.25) is 0 Å². The van der Waals surface area contributed by atoms with E-state index in [9.17, 15) is 0 Å². The molecule has 96 valence electrons. The lowest BCUT2D eigenvalue weighted by atomic mass is 9.97. The summed E-state index contributed by atoms with van der Waals surface area (Å²) in [4.78, 5) is 11.6. The molecule has 5 nitrogen and oxygen atoms in total. The number of nitrogens with one attached hydrogen (secondary N) is 2. The molecule has 0 saturated carbocycles. The molecule has 5 heteroatoms. The number of aromatic amines is 1. The Balaban J connectivity index is 1.53. The van der Waals surface area contributed by atoms with E-state index in [0.29, 0.717) is 18.3 Å². The highest BCUT2D eigenvalue weighted by molar-refractivity contribution is 5.70. The number of rotatable bonds is 4. The van der Waals surface area contributed by atoms with Crippen LogP contribution in [0.1, 0.15) is 19.3 Å². The van der Waals surface area contributed by atoms with Crippen molar-refractivity contribution in [1.82, 2.24) is 20.3 Å². The van der Waals surface area contributed by atoms with Gasteiger partial charge in [0.15, 0.2) is 5.65 Å². The van der Waals surface area contributed by atoms with Crippen molar-refractivity contribution in [3.05, 3.63) is 18.3 Å². The Labute approximate surface area is 106 Å². The normalized spacial score (nSPS) is 20.1. The first kappa shape index (κ1) is 11.5. The van der Waals surface area contributed by atoms with E-state index in [2.05, 4.69) is 20.3 Å². The van der Waals surface area contributed by atoms with Crippen molar-refractivity contribution in [2.75, 3.05) is 19.7 Å². The molecule has 0 aliphatic carbocycles. The van der Waals surface area contributed by atoms with Crippen molar-refractivity contribution in [3.8, 4) is 6.01 Å². The number of nitrogens with zero attached hydrogens (tertiary/aromatic N) is 2. The third-order valence-corrected chi connectivity index (χ3v) is 3.40. The fraction of sp³-hybridized carbons (Fsp3) is 0.538. The van der Waals surface area contributed by atoms with Gasteiger partial charge in [0, 0.05) is 6.20 Å². The minimum atomic E-state index is 0.576. The number of hydrogen-bond donors (Lipinski definition) is 2. The first-order valence-corrected chi connectivity index (χ1v) is 6.56. The minimum Gasteiger partial charge on any atom is -0.465 e. The fourth-order valence-electron chi connectivity index (χ4n) is 2.38. The molecule has 0 aromatic carbocycles. The van der Waals surface area contributed by atoms with Gasteiger partial charge < -0.3 is 15.0 Å². The maximum atomic E-state index is 5.66. The van der Waals surface area contributed by atoms with Crippen molar-refractivity contribution in [1.29, 1.82) is 0 Å². The van der Waals surface area contributed by atoms with Gasteiger partial charge in [0.1, 0.15) is 0 Å². The molecule has 3 heterocycles. The molecule has 1 fully saturated rings. The highest BCUT2D eigenvalue weighted by Gasteiger charge is 2.13. The number of imidazole rings is 1. The predicted molar refractivity (Wildman–Crippen MR) is 69.6 cm³/mol. The molecule has 1 aliphatic rings. The van der Waals surface area contributed by atoms with Gasteiger partial charge in [-0.1, -0.05) is 0 Å². The molecule has 1 atom stereocenters. The topological polar surface area (TPSA) is 62.8 Å². The number of pyridine rings is 1. The van der Waals surface area contributed by atoms with Gasteiger partial charge in [0.05, 0.1) is 12.1 Å². The molecule has 0 unspecified atom stereocenters. The van der Waals surface area contributed by atoms with Crippen LogP contribution in [0.25, 0.3) is 11.2 Å². The average Bonchev–Trinajstić information content (AvgIpc) is 2.82. The van der Waals surface area contributed by atoms with Gasteiger partial charge in [-0.2, -0.15) is 4.98 Å². The Morgan fingerprint density at radius 2 is 2.44 bits per heavy atom. The van der Waals surface area contributed by atoms with Gasteiger partial charge in [0.25, 0.3) is 6.01 Å². The number of piperidine rings is 1. The van der Waals surface area contributed by atoms with Crippen LogP contribution in [0.15, 0.2) is 18.3 Å². The quantitative estimate of drug-likeness (QED) is 0.862. The van der Waals surface area contributed by atoms with E-state index in [4.69, 9.17) is 4.74 Å². The zero-order valence-corrected chi connectivity index (χ0v) is 10.4. The average molecular weight is 246 g/mol. The van der Waals surface area contributed by atoms with E-state index in [1.807, 2.05) is 12.1 Å². The van der Waals surface area contributed by atoms with Crippen molar-refractivity contribution < 1.29 is 4.74 Å². The van der Waals surface area contributed by atoms with Gasteiger partial charge in [0.2, 0.25) is 0 Å². The zero-order valence-electron chi connectivity index (χ0n) is 10.4. The molecule has 18 heavy (non-hydrogen) atoms. The van der Waals surface area contributed by atoms with Crippen molar-refractivity contribution >= 4 is 11.2 Å². The molecule has 3 rings (SSSR count). The molecule has 0 radical (unpaired) electrons. The predicted octanol–water partition coefficient (Wildman–Crippen LogP) is 1.73. The SMILES string of the molecule is c1cnc2nc(OCC[C@@H]3CCCNC3)[nH]c2c1. The summed E-state index contributed by atoms with van der Waals surface area (Å²) in [6, 6.07) is 4.41. The van der Waals surface area contributed by atoms with E-state index in [-0.39, 0.29) is 0 Å². The maximum absolute atomic E-state index is 5.66. The summed E-state index contributed by atoms with van der Waals surface area (Å²) in [7, 11) is 0. The lowest BCUT2D eigenvalue weighted by molar-refractivity contribution is 0.242. The van der Waals surface area contributed by atoms with Crippen LogP contribution >= 0.6 is 0 Å². The van der Waals surface area contributed by atoms with E-state index < -0.39 is 0 Å². The Bertz CT molecular complexity index is 471. The number of hydrogen-bond acceptors (Lipinski definition) is 4. The highest BCUT2D eigenvalue weighted by atomic mass is 16.5. The summed E-state index contributed by atoms with van der Waals surface area (Å²) >= 11 is 0. The molecule has 2 aromatic rings. The first-order valence-electron chi connectivity index (χ1n) is 6.56. The van der Waals surface area contributed by atoms with E-state index in [1.54, 1.807) is 6.20 Å². The third kappa shape index (κ3) is 2.61. The monoisotopic (exact) mass is 246 g/mol. The molecule has 0 amide bonds. The lowest BCUT2D eigenvalue weighted by Crippen LogP contribution is -2.30. The van der Waals surface area contributed by atoms with Crippen LogP contribution < -0.4 is 10.1 Å².